The SMILES string of the molecule is O=C(Nc1cc(NCc2cn3cc(C4CC4)cc(N4CCNCC4)c3n2)ccn1)[C@H]1C[C@@H]1c1cccc(Cl)c1. The fourth-order valence-corrected chi connectivity index (χ4v) is 5.83. The zero-order valence-electron chi connectivity index (χ0n) is 21.7. The molecule has 7 rings (SSSR count). The van der Waals surface area contributed by atoms with Crippen LogP contribution >= 0.6 is 11.6 Å². The van der Waals surface area contributed by atoms with Crippen molar-refractivity contribution in [2.75, 3.05) is 41.7 Å². The Labute approximate surface area is 232 Å². The van der Waals surface area contributed by atoms with Gasteiger partial charge >= 0.3 is 0 Å². The van der Waals surface area contributed by atoms with Crippen LogP contribution in [0.2, 0.25) is 5.02 Å². The Morgan fingerprint density at radius 1 is 1.08 bits per heavy atom. The van der Waals surface area contributed by atoms with Crippen LogP contribution in [0.15, 0.2) is 61.1 Å². The van der Waals surface area contributed by atoms with Crippen LogP contribution in [0.4, 0.5) is 17.2 Å². The lowest BCUT2D eigenvalue weighted by atomic mass is 10.1. The molecular formula is C30H32ClN7O. The van der Waals surface area contributed by atoms with Crippen molar-refractivity contribution in [2.24, 2.45) is 5.92 Å². The number of imidazole rings is 1. The van der Waals surface area contributed by atoms with Crippen molar-refractivity contribution in [1.29, 1.82) is 0 Å². The maximum absolute atomic E-state index is 12.9. The third-order valence-electron chi connectivity index (χ3n) is 8.00. The summed E-state index contributed by atoms with van der Waals surface area (Å²) in [5.41, 5.74) is 6.64. The molecule has 3 N–H and O–H groups in total. The van der Waals surface area contributed by atoms with Gasteiger partial charge in [0.25, 0.3) is 0 Å². The summed E-state index contributed by atoms with van der Waals surface area (Å²) >= 11 is 6.13. The van der Waals surface area contributed by atoms with Crippen molar-refractivity contribution in [3.8, 4) is 0 Å². The van der Waals surface area contributed by atoms with Crippen molar-refractivity contribution in [1.82, 2.24) is 19.7 Å². The molecule has 200 valence electrons. The van der Waals surface area contributed by atoms with Gasteiger partial charge in [-0.05, 0) is 66.5 Å². The Bertz CT molecular complexity index is 1530. The molecule has 1 aliphatic heterocycles. The highest BCUT2D eigenvalue weighted by Gasteiger charge is 2.44. The van der Waals surface area contributed by atoms with Crippen LogP contribution in [0.25, 0.3) is 5.65 Å². The van der Waals surface area contributed by atoms with Gasteiger partial charge in [-0.1, -0.05) is 23.7 Å². The van der Waals surface area contributed by atoms with Crippen molar-refractivity contribution in [3.05, 3.63) is 82.9 Å². The minimum Gasteiger partial charge on any atom is -0.379 e. The molecule has 2 aliphatic carbocycles. The average molecular weight is 542 g/mol. The van der Waals surface area contributed by atoms with Crippen molar-refractivity contribution < 1.29 is 4.79 Å². The summed E-state index contributed by atoms with van der Waals surface area (Å²) < 4.78 is 2.20. The standard InChI is InChI=1S/C30H32ClN7O/c31-22-3-1-2-20(12-22)25-15-26(25)30(39)36-28-14-23(6-7-33-28)34-16-24-18-38-17-21(19-4-5-19)13-27(29(38)35-24)37-10-8-32-9-11-37/h1-3,6-7,12-14,17-19,25-26,32H,4-5,8-11,15-16H2,(H2,33,34,36,39)/t25-,26+/m1/s1. The number of piperazine rings is 1. The number of carbonyl (C=O) groups is 1. The van der Waals surface area contributed by atoms with Gasteiger partial charge in [0.05, 0.1) is 17.9 Å². The van der Waals surface area contributed by atoms with Gasteiger partial charge in [0, 0.05) is 67.5 Å². The molecule has 3 aromatic heterocycles. The predicted octanol–water partition coefficient (Wildman–Crippen LogP) is 5.02. The van der Waals surface area contributed by atoms with Gasteiger partial charge in [-0.3, -0.25) is 4.79 Å². The van der Waals surface area contributed by atoms with E-state index in [1.165, 1.54) is 24.1 Å². The number of amides is 1. The first-order valence-electron chi connectivity index (χ1n) is 13.8. The van der Waals surface area contributed by atoms with Gasteiger partial charge < -0.3 is 25.3 Å². The van der Waals surface area contributed by atoms with Gasteiger partial charge in [0.2, 0.25) is 5.91 Å². The summed E-state index contributed by atoms with van der Waals surface area (Å²) in [4.78, 5) is 24.7. The molecule has 4 heterocycles. The number of anilines is 3. The van der Waals surface area contributed by atoms with E-state index >= 15 is 0 Å². The summed E-state index contributed by atoms with van der Waals surface area (Å²) in [6.07, 6.45) is 9.48. The molecule has 1 saturated heterocycles. The van der Waals surface area contributed by atoms with Gasteiger partial charge in [0.15, 0.2) is 5.65 Å². The highest BCUT2D eigenvalue weighted by atomic mass is 35.5. The first kappa shape index (κ1) is 24.4. The monoisotopic (exact) mass is 541 g/mol. The molecule has 0 spiro atoms. The average Bonchev–Trinajstić information content (AvgIpc) is 3.88. The summed E-state index contributed by atoms with van der Waals surface area (Å²) in [6.45, 7) is 4.57. The van der Waals surface area contributed by atoms with E-state index in [9.17, 15) is 4.79 Å². The van der Waals surface area contributed by atoms with E-state index in [0.29, 0.717) is 23.3 Å². The predicted molar refractivity (Wildman–Crippen MR) is 155 cm³/mol. The van der Waals surface area contributed by atoms with Crippen LogP contribution in [-0.4, -0.2) is 46.5 Å². The van der Waals surface area contributed by atoms with Crippen LogP contribution in [0, 0.1) is 5.92 Å². The number of hydrogen-bond acceptors (Lipinski definition) is 6. The number of carbonyl (C=O) groups excluding carboxylic acids is 1. The molecule has 2 atom stereocenters. The van der Waals surface area contributed by atoms with E-state index in [1.54, 1.807) is 6.20 Å². The first-order valence-corrected chi connectivity index (χ1v) is 14.2. The topological polar surface area (TPSA) is 86.6 Å². The normalized spacial score (nSPS) is 20.7. The lowest BCUT2D eigenvalue weighted by molar-refractivity contribution is -0.117. The van der Waals surface area contributed by atoms with Crippen LogP contribution in [0.5, 0.6) is 0 Å². The third kappa shape index (κ3) is 5.31. The zero-order valence-corrected chi connectivity index (χ0v) is 22.5. The van der Waals surface area contributed by atoms with Crippen LogP contribution in [0.3, 0.4) is 0 Å². The molecule has 0 bridgehead atoms. The summed E-state index contributed by atoms with van der Waals surface area (Å²) in [6, 6.07) is 13.9. The smallest absolute Gasteiger partial charge is 0.229 e. The fraction of sp³-hybridized carbons (Fsp3) is 0.367. The molecule has 1 amide bonds. The van der Waals surface area contributed by atoms with E-state index in [1.807, 2.05) is 36.4 Å². The maximum Gasteiger partial charge on any atom is 0.229 e. The lowest BCUT2D eigenvalue weighted by Gasteiger charge is -2.30. The van der Waals surface area contributed by atoms with Gasteiger partial charge in [-0.25, -0.2) is 9.97 Å². The zero-order chi connectivity index (χ0) is 26.3. The van der Waals surface area contributed by atoms with E-state index in [2.05, 4.69) is 48.7 Å². The number of nitrogens with zero attached hydrogens (tertiary/aromatic N) is 4. The second-order valence-electron chi connectivity index (χ2n) is 10.9. The Hall–Kier alpha value is -3.62. The number of pyridine rings is 2. The minimum absolute atomic E-state index is 0.00288. The first-order chi connectivity index (χ1) is 19.1. The second-order valence-corrected chi connectivity index (χ2v) is 11.3. The summed E-state index contributed by atoms with van der Waals surface area (Å²) in [7, 11) is 0. The number of hydrogen-bond donors (Lipinski definition) is 3. The second kappa shape index (κ2) is 10.2. The fourth-order valence-electron chi connectivity index (χ4n) is 5.63. The van der Waals surface area contributed by atoms with Crippen LogP contribution < -0.4 is 20.9 Å². The molecule has 3 fully saturated rings. The molecule has 8 nitrogen and oxygen atoms in total. The number of nitrogens with one attached hydrogen (secondary N) is 3. The molecule has 4 aromatic rings. The quantitative estimate of drug-likeness (QED) is 0.290. The lowest BCUT2D eigenvalue weighted by Crippen LogP contribution is -2.43. The maximum atomic E-state index is 12.9. The van der Waals surface area contributed by atoms with Gasteiger partial charge in [0.1, 0.15) is 5.82 Å². The molecule has 39 heavy (non-hydrogen) atoms. The number of benzene rings is 1. The number of fused-ring (bicyclic) bond motifs is 1. The van der Waals surface area contributed by atoms with E-state index in [-0.39, 0.29) is 17.7 Å². The largest absolute Gasteiger partial charge is 0.379 e. The van der Waals surface area contributed by atoms with Gasteiger partial charge in [-0.2, -0.15) is 0 Å². The molecule has 3 aliphatic rings. The van der Waals surface area contributed by atoms with Crippen molar-refractivity contribution >= 4 is 40.3 Å². The summed E-state index contributed by atoms with van der Waals surface area (Å²) in [5, 5.41) is 10.6. The Morgan fingerprint density at radius 2 is 1.95 bits per heavy atom. The molecule has 0 unspecified atom stereocenters. The van der Waals surface area contributed by atoms with E-state index in [0.717, 1.165) is 55.2 Å². The van der Waals surface area contributed by atoms with Crippen molar-refractivity contribution in [2.45, 2.75) is 37.6 Å². The number of halogens is 1. The molecule has 0 radical (unpaired) electrons. The Morgan fingerprint density at radius 3 is 2.77 bits per heavy atom. The molecule has 2 saturated carbocycles. The van der Waals surface area contributed by atoms with E-state index in [4.69, 9.17) is 16.6 Å². The molecule has 9 heteroatoms. The number of rotatable bonds is 8. The minimum atomic E-state index is -0.0507. The highest BCUT2D eigenvalue weighted by Crippen LogP contribution is 2.48. The molecular weight excluding hydrogens is 510 g/mol. The van der Waals surface area contributed by atoms with Crippen LogP contribution in [0.1, 0.15) is 47.9 Å². The number of aromatic nitrogens is 3. The molecule has 1 aromatic carbocycles. The van der Waals surface area contributed by atoms with Crippen molar-refractivity contribution in [3.63, 3.8) is 0 Å². The van der Waals surface area contributed by atoms with Crippen LogP contribution in [-0.2, 0) is 11.3 Å². The summed E-state index contributed by atoms with van der Waals surface area (Å²) in [5.74, 6) is 1.39. The Balaban J connectivity index is 1.03. The van der Waals surface area contributed by atoms with Gasteiger partial charge in [-0.15, -0.1) is 0 Å². The van der Waals surface area contributed by atoms with E-state index < -0.39 is 0 Å². The third-order valence-corrected chi connectivity index (χ3v) is 8.23. The highest BCUT2D eigenvalue weighted by molar-refractivity contribution is 6.30. The Kier molecular flexibility index (Phi) is 6.37.